The van der Waals surface area contributed by atoms with Crippen LogP contribution < -0.4 is 0 Å². The predicted octanol–water partition coefficient (Wildman–Crippen LogP) is 3.94. The Morgan fingerprint density at radius 3 is 2.73 bits per heavy atom. The fraction of sp³-hybridized carbons (Fsp3) is 0.409. The van der Waals surface area contributed by atoms with Crippen molar-refractivity contribution in [3.63, 3.8) is 0 Å². The minimum Gasteiger partial charge on any atom is -0.388 e. The third-order valence-corrected chi connectivity index (χ3v) is 5.64. The van der Waals surface area contributed by atoms with Crippen LogP contribution in [0.4, 0.5) is 0 Å². The van der Waals surface area contributed by atoms with Crippen molar-refractivity contribution >= 4 is 10.9 Å². The number of aliphatic hydroxyl groups is 1. The van der Waals surface area contributed by atoms with Crippen LogP contribution in [-0.2, 0) is 6.42 Å². The summed E-state index contributed by atoms with van der Waals surface area (Å²) < 4.78 is 0. The Hall–Kier alpha value is -2.17. The summed E-state index contributed by atoms with van der Waals surface area (Å²) in [6.45, 7) is 3.25. The van der Waals surface area contributed by atoms with Crippen molar-refractivity contribution in [2.45, 2.75) is 31.8 Å². The average Bonchev–Trinajstić information content (AvgIpc) is 3.16. The quantitative estimate of drug-likeness (QED) is 0.709. The normalized spacial score (nSPS) is 17.6. The summed E-state index contributed by atoms with van der Waals surface area (Å²) >= 11 is 0. The summed E-state index contributed by atoms with van der Waals surface area (Å²) in [6.07, 6.45) is 5.90. The predicted molar refractivity (Wildman–Crippen MR) is 105 cm³/mol. The molecule has 1 atom stereocenters. The molecule has 26 heavy (non-hydrogen) atoms. The van der Waals surface area contributed by atoms with Crippen molar-refractivity contribution in [1.82, 2.24) is 15.1 Å². The Morgan fingerprint density at radius 2 is 1.92 bits per heavy atom. The van der Waals surface area contributed by atoms with Crippen molar-refractivity contribution in [3.05, 3.63) is 65.9 Å². The maximum absolute atomic E-state index is 10.5. The van der Waals surface area contributed by atoms with Crippen LogP contribution in [0.5, 0.6) is 0 Å². The lowest BCUT2D eigenvalue weighted by Gasteiger charge is -2.32. The van der Waals surface area contributed by atoms with Crippen LogP contribution in [-0.4, -0.2) is 39.8 Å². The number of likely N-dealkylation sites (tertiary alicyclic amines) is 1. The molecule has 1 aliphatic heterocycles. The van der Waals surface area contributed by atoms with Crippen molar-refractivity contribution in [2.75, 3.05) is 19.6 Å². The van der Waals surface area contributed by atoms with Gasteiger partial charge in [0.25, 0.3) is 0 Å². The van der Waals surface area contributed by atoms with Gasteiger partial charge in [-0.25, -0.2) is 0 Å². The number of aromatic amines is 1. The third-order valence-electron chi connectivity index (χ3n) is 5.64. The standard InChI is InChI=1S/C22H27N3O/c26-22(19-6-7-21-20(15-19)16-23-24-21)10-13-25-11-8-18(9-12-25)14-17-4-2-1-3-5-17/h1-7,15-16,18,22,26H,8-14H2,(H,23,24)/t22-/m0/s1. The van der Waals surface area contributed by atoms with E-state index in [4.69, 9.17) is 0 Å². The molecule has 3 aromatic rings. The molecule has 4 rings (SSSR count). The van der Waals surface area contributed by atoms with Crippen LogP contribution >= 0.6 is 0 Å². The van der Waals surface area contributed by atoms with E-state index in [9.17, 15) is 5.11 Å². The lowest BCUT2D eigenvalue weighted by Crippen LogP contribution is -2.35. The first-order valence-corrected chi connectivity index (χ1v) is 9.65. The third kappa shape index (κ3) is 4.14. The molecule has 0 bridgehead atoms. The molecule has 1 fully saturated rings. The van der Waals surface area contributed by atoms with Gasteiger partial charge in [0.1, 0.15) is 0 Å². The van der Waals surface area contributed by atoms with E-state index in [-0.39, 0.29) is 0 Å². The van der Waals surface area contributed by atoms with E-state index in [2.05, 4.69) is 45.4 Å². The molecule has 4 heteroatoms. The fourth-order valence-corrected chi connectivity index (χ4v) is 4.00. The van der Waals surface area contributed by atoms with E-state index in [1.165, 1.54) is 24.8 Å². The lowest BCUT2D eigenvalue weighted by atomic mass is 9.90. The zero-order valence-electron chi connectivity index (χ0n) is 15.1. The van der Waals surface area contributed by atoms with Crippen molar-refractivity contribution in [1.29, 1.82) is 0 Å². The molecule has 0 radical (unpaired) electrons. The van der Waals surface area contributed by atoms with Crippen LogP contribution in [0.3, 0.4) is 0 Å². The number of fused-ring (bicyclic) bond motifs is 1. The van der Waals surface area contributed by atoms with E-state index in [0.717, 1.165) is 48.4 Å². The van der Waals surface area contributed by atoms with Gasteiger partial charge >= 0.3 is 0 Å². The van der Waals surface area contributed by atoms with Crippen LogP contribution in [0.1, 0.15) is 36.5 Å². The summed E-state index contributed by atoms with van der Waals surface area (Å²) in [4.78, 5) is 2.50. The van der Waals surface area contributed by atoms with Gasteiger partial charge in [0.05, 0.1) is 17.8 Å². The molecule has 0 aliphatic carbocycles. The highest BCUT2D eigenvalue weighted by molar-refractivity contribution is 5.78. The number of hydrogen-bond acceptors (Lipinski definition) is 3. The summed E-state index contributed by atoms with van der Waals surface area (Å²) in [7, 11) is 0. The van der Waals surface area contributed by atoms with E-state index >= 15 is 0 Å². The Labute approximate surface area is 154 Å². The Morgan fingerprint density at radius 1 is 1.12 bits per heavy atom. The maximum Gasteiger partial charge on any atom is 0.0802 e. The topological polar surface area (TPSA) is 52.1 Å². The first kappa shape index (κ1) is 17.3. The number of benzene rings is 2. The summed E-state index contributed by atoms with van der Waals surface area (Å²) in [5.41, 5.74) is 3.45. The zero-order chi connectivity index (χ0) is 17.8. The van der Waals surface area contributed by atoms with Crippen molar-refractivity contribution in [2.24, 2.45) is 5.92 Å². The average molecular weight is 349 g/mol. The molecule has 1 saturated heterocycles. The molecule has 1 aliphatic rings. The lowest BCUT2D eigenvalue weighted by molar-refractivity contribution is 0.123. The Balaban J connectivity index is 1.24. The fourth-order valence-electron chi connectivity index (χ4n) is 4.00. The van der Waals surface area contributed by atoms with Gasteiger partial charge in [0.15, 0.2) is 0 Å². The van der Waals surface area contributed by atoms with E-state index in [1.807, 2.05) is 24.4 Å². The molecule has 136 valence electrons. The number of piperidine rings is 1. The molecule has 2 N–H and O–H groups in total. The number of nitrogens with one attached hydrogen (secondary N) is 1. The zero-order valence-corrected chi connectivity index (χ0v) is 15.1. The van der Waals surface area contributed by atoms with Gasteiger partial charge in [0.2, 0.25) is 0 Å². The van der Waals surface area contributed by atoms with Crippen molar-refractivity contribution in [3.8, 4) is 0 Å². The molecule has 2 aromatic carbocycles. The molecule has 0 spiro atoms. The highest BCUT2D eigenvalue weighted by Crippen LogP contribution is 2.24. The van der Waals surface area contributed by atoms with Gasteiger partial charge in [-0.15, -0.1) is 0 Å². The van der Waals surface area contributed by atoms with Crippen LogP contribution in [0.15, 0.2) is 54.7 Å². The molecule has 2 heterocycles. The highest BCUT2D eigenvalue weighted by Gasteiger charge is 2.20. The van der Waals surface area contributed by atoms with E-state index in [0.29, 0.717) is 0 Å². The molecule has 0 amide bonds. The smallest absolute Gasteiger partial charge is 0.0802 e. The second-order valence-corrected chi connectivity index (χ2v) is 7.50. The Bertz CT molecular complexity index is 822. The molecule has 1 aromatic heterocycles. The second kappa shape index (κ2) is 8.02. The van der Waals surface area contributed by atoms with Crippen LogP contribution in [0, 0.1) is 5.92 Å². The van der Waals surface area contributed by atoms with Crippen LogP contribution in [0.25, 0.3) is 10.9 Å². The van der Waals surface area contributed by atoms with E-state index < -0.39 is 6.10 Å². The van der Waals surface area contributed by atoms with Crippen LogP contribution in [0.2, 0.25) is 0 Å². The summed E-state index contributed by atoms with van der Waals surface area (Å²) in [5.74, 6) is 0.794. The molecule has 0 saturated carbocycles. The molecular weight excluding hydrogens is 322 g/mol. The number of aliphatic hydroxyl groups excluding tert-OH is 1. The van der Waals surface area contributed by atoms with Gasteiger partial charge < -0.3 is 10.0 Å². The SMILES string of the molecule is O[C@@H](CCN1CCC(Cc2ccccc2)CC1)c1ccc2[nH]ncc2c1. The second-order valence-electron chi connectivity index (χ2n) is 7.50. The van der Waals surface area contributed by atoms with Gasteiger partial charge in [-0.2, -0.15) is 5.10 Å². The van der Waals surface area contributed by atoms with Crippen molar-refractivity contribution < 1.29 is 5.11 Å². The van der Waals surface area contributed by atoms with Gasteiger partial charge in [-0.05, 0) is 68.0 Å². The number of rotatable bonds is 6. The summed E-state index contributed by atoms with van der Waals surface area (Å²) in [5, 5.41) is 18.6. The first-order valence-electron chi connectivity index (χ1n) is 9.65. The highest BCUT2D eigenvalue weighted by atomic mass is 16.3. The van der Waals surface area contributed by atoms with Gasteiger partial charge in [-0.3, -0.25) is 5.10 Å². The minimum atomic E-state index is -0.406. The number of aromatic nitrogens is 2. The number of nitrogens with zero attached hydrogens (tertiary/aromatic N) is 2. The number of hydrogen-bond donors (Lipinski definition) is 2. The molecular formula is C22H27N3O. The van der Waals surface area contributed by atoms with Gasteiger partial charge in [-0.1, -0.05) is 36.4 Å². The summed E-state index contributed by atoms with van der Waals surface area (Å²) in [6, 6.07) is 16.9. The minimum absolute atomic E-state index is 0.406. The molecule has 0 unspecified atom stereocenters. The first-order chi connectivity index (χ1) is 12.8. The largest absolute Gasteiger partial charge is 0.388 e. The van der Waals surface area contributed by atoms with E-state index in [1.54, 1.807) is 0 Å². The monoisotopic (exact) mass is 349 g/mol. The molecule has 4 nitrogen and oxygen atoms in total. The maximum atomic E-state index is 10.5. The Kier molecular flexibility index (Phi) is 5.32. The van der Waals surface area contributed by atoms with Gasteiger partial charge in [0, 0.05) is 11.9 Å². The number of H-pyrrole nitrogens is 1.